The van der Waals surface area contributed by atoms with Gasteiger partial charge in [0.2, 0.25) is 11.8 Å². The zero-order valence-electron chi connectivity index (χ0n) is 14.2. The maximum Gasteiger partial charge on any atom is 0.236 e. The fraction of sp³-hybridized carbons (Fsp3) is 0.706. The van der Waals surface area contributed by atoms with E-state index in [4.69, 9.17) is 15.2 Å². The maximum absolute atomic E-state index is 11.5. The number of rotatable bonds is 6. The Morgan fingerprint density at radius 1 is 1.33 bits per heavy atom. The average Bonchev–Trinajstić information content (AvgIpc) is 3.05. The van der Waals surface area contributed by atoms with Gasteiger partial charge in [-0.1, -0.05) is 0 Å². The molecule has 0 radical (unpaired) electrons. The van der Waals surface area contributed by atoms with Crippen LogP contribution in [-0.4, -0.2) is 53.7 Å². The number of hydrogen-bond donors (Lipinski definition) is 1. The zero-order valence-corrected chi connectivity index (χ0v) is 14.2. The number of ether oxygens (including phenoxy) is 2. The molecular formula is C17H26N4O3. The number of nitrogens with zero attached hydrogens (tertiary/aromatic N) is 3. The van der Waals surface area contributed by atoms with Crippen LogP contribution in [0.1, 0.15) is 31.4 Å². The highest BCUT2D eigenvalue weighted by atomic mass is 16.5. The van der Waals surface area contributed by atoms with Crippen LogP contribution in [0.3, 0.4) is 0 Å². The summed E-state index contributed by atoms with van der Waals surface area (Å²) in [6.07, 6.45) is 7.28. The Morgan fingerprint density at radius 2 is 2.08 bits per heavy atom. The quantitative estimate of drug-likeness (QED) is 0.834. The molecule has 24 heavy (non-hydrogen) atoms. The summed E-state index contributed by atoms with van der Waals surface area (Å²) < 4.78 is 11.0. The van der Waals surface area contributed by atoms with Crippen LogP contribution in [0.2, 0.25) is 0 Å². The molecule has 2 aliphatic heterocycles. The van der Waals surface area contributed by atoms with E-state index in [1.807, 2.05) is 0 Å². The summed E-state index contributed by atoms with van der Waals surface area (Å²) >= 11 is 0. The monoisotopic (exact) mass is 334 g/mol. The molecule has 0 bridgehead atoms. The van der Waals surface area contributed by atoms with E-state index in [0.717, 1.165) is 51.0 Å². The van der Waals surface area contributed by atoms with E-state index in [-0.39, 0.29) is 17.9 Å². The number of primary amides is 1. The lowest BCUT2D eigenvalue weighted by Crippen LogP contribution is -2.37. The molecule has 0 unspecified atom stereocenters. The van der Waals surface area contributed by atoms with Crippen molar-refractivity contribution in [3.05, 3.63) is 18.1 Å². The lowest BCUT2D eigenvalue weighted by atomic mass is 9.86. The Bertz CT molecular complexity index is 561. The molecule has 0 saturated carbocycles. The highest BCUT2D eigenvalue weighted by Gasteiger charge is 2.35. The molecule has 7 heteroatoms. The average molecular weight is 334 g/mol. The van der Waals surface area contributed by atoms with Gasteiger partial charge in [0, 0.05) is 25.5 Å². The van der Waals surface area contributed by atoms with Gasteiger partial charge in [-0.2, -0.15) is 0 Å². The molecule has 2 fully saturated rings. The van der Waals surface area contributed by atoms with Crippen LogP contribution < -0.4 is 10.5 Å². The molecule has 1 amide bonds. The van der Waals surface area contributed by atoms with E-state index in [2.05, 4.69) is 14.9 Å². The molecule has 132 valence electrons. The third-order valence-electron chi connectivity index (χ3n) is 5.15. The normalized spacial score (nSPS) is 25.7. The van der Waals surface area contributed by atoms with Gasteiger partial charge in [-0.3, -0.25) is 14.7 Å². The van der Waals surface area contributed by atoms with Crippen molar-refractivity contribution in [1.82, 2.24) is 14.9 Å². The van der Waals surface area contributed by atoms with E-state index in [1.165, 1.54) is 0 Å². The van der Waals surface area contributed by atoms with E-state index >= 15 is 0 Å². The summed E-state index contributed by atoms with van der Waals surface area (Å²) in [5.41, 5.74) is 6.36. The Hall–Kier alpha value is -1.73. The summed E-state index contributed by atoms with van der Waals surface area (Å²) in [5, 5.41) is 0. The third-order valence-corrected chi connectivity index (χ3v) is 5.15. The van der Waals surface area contributed by atoms with Crippen molar-refractivity contribution in [2.75, 3.05) is 26.8 Å². The number of likely N-dealkylation sites (tertiary alicyclic amines) is 1. The standard InChI is InChI=1S/C17H26N4O3/c1-23-17-14(19-5-6-20-17)11-21-7-2-12(3-8-21)10-15-13(16(18)22)4-9-24-15/h5-6,12-13,15H,2-4,7-11H2,1H3,(H2,18,22)/t13-,15-/m1/s1. The number of aromatic nitrogens is 2. The van der Waals surface area contributed by atoms with E-state index < -0.39 is 0 Å². The second kappa shape index (κ2) is 7.90. The molecule has 0 aliphatic carbocycles. The third kappa shape index (κ3) is 4.02. The fourth-order valence-electron chi connectivity index (χ4n) is 3.76. The number of methoxy groups -OCH3 is 1. The van der Waals surface area contributed by atoms with Gasteiger partial charge in [0.25, 0.3) is 0 Å². The maximum atomic E-state index is 11.5. The number of carbonyl (C=O) groups excluding carboxylic acids is 1. The first kappa shape index (κ1) is 17.1. The van der Waals surface area contributed by atoms with Crippen LogP contribution in [-0.2, 0) is 16.1 Å². The summed E-state index contributed by atoms with van der Waals surface area (Å²) in [6, 6.07) is 0. The summed E-state index contributed by atoms with van der Waals surface area (Å²) in [5.74, 6) is 0.870. The van der Waals surface area contributed by atoms with Crippen molar-refractivity contribution in [1.29, 1.82) is 0 Å². The molecule has 1 aromatic heterocycles. The van der Waals surface area contributed by atoms with Crippen molar-refractivity contribution < 1.29 is 14.3 Å². The van der Waals surface area contributed by atoms with Crippen LogP contribution >= 0.6 is 0 Å². The molecular weight excluding hydrogens is 308 g/mol. The van der Waals surface area contributed by atoms with E-state index in [9.17, 15) is 4.79 Å². The van der Waals surface area contributed by atoms with Crippen LogP contribution in [0.5, 0.6) is 5.88 Å². The van der Waals surface area contributed by atoms with Crippen molar-refractivity contribution in [3.63, 3.8) is 0 Å². The fourth-order valence-corrected chi connectivity index (χ4v) is 3.76. The lowest BCUT2D eigenvalue weighted by molar-refractivity contribution is -0.123. The number of piperidine rings is 1. The molecule has 0 spiro atoms. The van der Waals surface area contributed by atoms with Gasteiger partial charge in [-0.15, -0.1) is 0 Å². The van der Waals surface area contributed by atoms with Crippen molar-refractivity contribution in [3.8, 4) is 5.88 Å². The summed E-state index contributed by atoms with van der Waals surface area (Å²) in [4.78, 5) is 22.4. The van der Waals surface area contributed by atoms with Gasteiger partial charge < -0.3 is 15.2 Å². The molecule has 7 nitrogen and oxygen atoms in total. The van der Waals surface area contributed by atoms with Gasteiger partial charge in [0.05, 0.1) is 19.1 Å². The lowest BCUT2D eigenvalue weighted by Gasteiger charge is -2.33. The highest BCUT2D eigenvalue weighted by Crippen LogP contribution is 2.31. The summed E-state index contributed by atoms with van der Waals surface area (Å²) in [6.45, 7) is 3.44. The Labute approximate surface area is 142 Å². The molecule has 2 aliphatic rings. The van der Waals surface area contributed by atoms with Gasteiger partial charge in [0.1, 0.15) is 5.69 Å². The zero-order chi connectivity index (χ0) is 16.9. The second-order valence-electron chi connectivity index (χ2n) is 6.67. The molecule has 0 aromatic carbocycles. The molecule has 2 saturated heterocycles. The van der Waals surface area contributed by atoms with Crippen LogP contribution in [0.15, 0.2) is 12.4 Å². The minimum atomic E-state index is -0.218. The van der Waals surface area contributed by atoms with Crippen molar-refractivity contribution in [2.45, 2.75) is 38.3 Å². The predicted molar refractivity (Wildman–Crippen MR) is 88.2 cm³/mol. The van der Waals surface area contributed by atoms with Gasteiger partial charge in [-0.05, 0) is 44.7 Å². The number of amides is 1. The van der Waals surface area contributed by atoms with E-state index in [1.54, 1.807) is 19.5 Å². The van der Waals surface area contributed by atoms with Gasteiger partial charge in [-0.25, -0.2) is 4.98 Å². The van der Waals surface area contributed by atoms with Crippen molar-refractivity contribution >= 4 is 5.91 Å². The molecule has 2 atom stereocenters. The molecule has 1 aromatic rings. The predicted octanol–water partition coefficient (Wildman–Crippen LogP) is 0.978. The SMILES string of the molecule is COc1nccnc1CN1CCC(C[C@H]2OCC[C@H]2C(N)=O)CC1. The van der Waals surface area contributed by atoms with Crippen LogP contribution in [0, 0.1) is 11.8 Å². The first-order chi connectivity index (χ1) is 11.7. The smallest absolute Gasteiger partial charge is 0.236 e. The molecule has 3 heterocycles. The molecule has 3 rings (SSSR count). The number of nitrogens with two attached hydrogens (primary N) is 1. The second-order valence-corrected chi connectivity index (χ2v) is 6.67. The van der Waals surface area contributed by atoms with Crippen LogP contribution in [0.4, 0.5) is 0 Å². The van der Waals surface area contributed by atoms with Gasteiger partial charge >= 0.3 is 0 Å². The topological polar surface area (TPSA) is 90.6 Å². The van der Waals surface area contributed by atoms with Gasteiger partial charge in [0.15, 0.2) is 0 Å². The first-order valence-electron chi connectivity index (χ1n) is 8.64. The number of carbonyl (C=O) groups is 1. The van der Waals surface area contributed by atoms with Crippen LogP contribution in [0.25, 0.3) is 0 Å². The first-order valence-corrected chi connectivity index (χ1v) is 8.64. The minimum Gasteiger partial charge on any atom is -0.480 e. The largest absolute Gasteiger partial charge is 0.480 e. The molecule has 2 N–H and O–H groups in total. The summed E-state index contributed by atoms with van der Waals surface area (Å²) in [7, 11) is 1.62. The van der Waals surface area contributed by atoms with Crippen molar-refractivity contribution in [2.24, 2.45) is 17.6 Å². The van der Waals surface area contributed by atoms with E-state index in [0.29, 0.717) is 18.4 Å². The Kier molecular flexibility index (Phi) is 5.63. The number of hydrogen-bond acceptors (Lipinski definition) is 6. The minimum absolute atomic E-state index is 0.0131. The Morgan fingerprint density at radius 3 is 2.79 bits per heavy atom. The Balaban J connectivity index is 1.48. The highest BCUT2D eigenvalue weighted by molar-refractivity contribution is 5.77.